The van der Waals surface area contributed by atoms with Gasteiger partial charge in [-0.3, -0.25) is 4.79 Å². The summed E-state index contributed by atoms with van der Waals surface area (Å²) >= 11 is 7.40. The molecule has 2 heterocycles. The Balaban J connectivity index is 2.13. The Morgan fingerprint density at radius 3 is 2.88 bits per heavy atom. The van der Waals surface area contributed by atoms with Gasteiger partial charge in [0.2, 0.25) is 5.91 Å². The summed E-state index contributed by atoms with van der Waals surface area (Å²) in [5.74, 6) is 0.720. The molecule has 1 atom stereocenters. The maximum absolute atomic E-state index is 11.5. The molecule has 1 aromatic heterocycles. The number of nitrogens with zero attached hydrogens (tertiary/aromatic N) is 1. The fourth-order valence-corrected chi connectivity index (χ4v) is 3.67. The first-order chi connectivity index (χ1) is 7.99. The molecule has 3 nitrogen and oxygen atoms in total. The van der Waals surface area contributed by atoms with Crippen LogP contribution in [-0.4, -0.2) is 16.4 Å². The SMILES string of the molecule is CC(C)CC1(Cc2ncc(Cl)s2)CCC(=O)N1. The van der Waals surface area contributed by atoms with Gasteiger partial charge in [0.15, 0.2) is 0 Å². The van der Waals surface area contributed by atoms with Gasteiger partial charge in [-0.25, -0.2) is 4.98 Å². The Morgan fingerprint density at radius 1 is 1.65 bits per heavy atom. The maximum Gasteiger partial charge on any atom is 0.220 e. The minimum absolute atomic E-state index is 0.105. The summed E-state index contributed by atoms with van der Waals surface area (Å²) in [6, 6.07) is 0. The fourth-order valence-electron chi connectivity index (χ4n) is 2.57. The van der Waals surface area contributed by atoms with Crippen molar-refractivity contribution >= 4 is 28.8 Å². The van der Waals surface area contributed by atoms with Crippen LogP contribution in [0.4, 0.5) is 0 Å². The van der Waals surface area contributed by atoms with E-state index in [4.69, 9.17) is 11.6 Å². The van der Waals surface area contributed by atoms with E-state index < -0.39 is 0 Å². The predicted octanol–water partition coefficient (Wildman–Crippen LogP) is 3.03. The topological polar surface area (TPSA) is 42.0 Å². The summed E-state index contributed by atoms with van der Waals surface area (Å²) in [5.41, 5.74) is -0.105. The van der Waals surface area contributed by atoms with E-state index >= 15 is 0 Å². The minimum atomic E-state index is -0.105. The molecular formula is C12H17ClN2OS. The number of carbonyl (C=O) groups is 1. The van der Waals surface area contributed by atoms with Crippen LogP contribution in [0.3, 0.4) is 0 Å². The molecule has 0 bridgehead atoms. The average molecular weight is 273 g/mol. The number of thiazole rings is 1. The first kappa shape index (κ1) is 12.8. The van der Waals surface area contributed by atoms with Gasteiger partial charge in [-0.05, 0) is 18.8 Å². The molecule has 0 saturated carbocycles. The Morgan fingerprint density at radius 2 is 2.41 bits per heavy atom. The molecule has 0 aromatic carbocycles. The molecule has 0 radical (unpaired) electrons. The lowest BCUT2D eigenvalue weighted by Gasteiger charge is -2.30. The molecule has 1 amide bonds. The molecule has 1 fully saturated rings. The van der Waals surface area contributed by atoms with Crippen molar-refractivity contribution in [2.75, 3.05) is 0 Å². The van der Waals surface area contributed by atoms with Crippen LogP contribution >= 0.6 is 22.9 Å². The van der Waals surface area contributed by atoms with E-state index in [-0.39, 0.29) is 11.4 Å². The maximum atomic E-state index is 11.5. The second kappa shape index (κ2) is 4.94. The molecular weight excluding hydrogens is 256 g/mol. The van der Waals surface area contributed by atoms with Crippen LogP contribution in [0, 0.1) is 5.92 Å². The molecule has 1 aliphatic rings. The molecule has 2 rings (SSSR count). The summed E-state index contributed by atoms with van der Waals surface area (Å²) in [6.45, 7) is 4.36. The number of rotatable bonds is 4. The Labute approximate surface area is 111 Å². The Bertz CT molecular complexity index is 418. The second-order valence-corrected chi connectivity index (χ2v) is 6.91. The van der Waals surface area contributed by atoms with Crippen LogP contribution in [0.25, 0.3) is 0 Å². The van der Waals surface area contributed by atoms with Crippen LogP contribution in [0.15, 0.2) is 6.20 Å². The van der Waals surface area contributed by atoms with Gasteiger partial charge in [-0.1, -0.05) is 25.4 Å². The fraction of sp³-hybridized carbons (Fsp3) is 0.667. The molecule has 94 valence electrons. The number of hydrogen-bond acceptors (Lipinski definition) is 3. The molecule has 17 heavy (non-hydrogen) atoms. The van der Waals surface area contributed by atoms with Crippen molar-refractivity contribution in [3.8, 4) is 0 Å². The number of amides is 1. The van der Waals surface area contributed by atoms with Crippen LogP contribution < -0.4 is 5.32 Å². The lowest BCUT2D eigenvalue weighted by Crippen LogP contribution is -2.44. The zero-order valence-electron chi connectivity index (χ0n) is 10.1. The van der Waals surface area contributed by atoms with Gasteiger partial charge in [0, 0.05) is 18.4 Å². The van der Waals surface area contributed by atoms with E-state index in [2.05, 4.69) is 24.1 Å². The van der Waals surface area contributed by atoms with Gasteiger partial charge < -0.3 is 5.32 Å². The van der Waals surface area contributed by atoms with Gasteiger partial charge in [0.25, 0.3) is 0 Å². The van der Waals surface area contributed by atoms with E-state index in [1.165, 1.54) is 11.3 Å². The van der Waals surface area contributed by atoms with E-state index in [0.29, 0.717) is 16.7 Å². The van der Waals surface area contributed by atoms with Crippen LogP contribution in [0.1, 0.15) is 38.1 Å². The number of halogens is 1. The third-order valence-corrected chi connectivity index (χ3v) is 4.16. The van der Waals surface area contributed by atoms with E-state index in [0.717, 1.165) is 24.3 Å². The van der Waals surface area contributed by atoms with Crippen LogP contribution in [0.2, 0.25) is 4.34 Å². The highest BCUT2D eigenvalue weighted by molar-refractivity contribution is 7.15. The highest BCUT2D eigenvalue weighted by Gasteiger charge is 2.38. The van der Waals surface area contributed by atoms with Crippen molar-refractivity contribution in [3.63, 3.8) is 0 Å². The van der Waals surface area contributed by atoms with Gasteiger partial charge in [-0.2, -0.15) is 0 Å². The molecule has 1 aliphatic heterocycles. The molecule has 0 aliphatic carbocycles. The molecule has 1 unspecified atom stereocenters. The molecule has 1 N–H and O–H groups in total. The monoisotopic (exact) mass is 272 g/mol. The van der Waals surface area contributed by atoms with Crippen molar-refractivity contribution in [2.45, 2.75) is 45.1 Å². The number of aromatic nitrogens is 1. The van der Waals surface area contributed by atoms with Crippen molar-refractivity contribution in [1.29, 1.82) is 0 Å². The second-order valence-electron chi connectivity index (χ2n) is 5.16. The zero-order valence-corrected chi connectivity index (χ0v) is 11.7. The standard InChI is InChI=1S/C12H17ClN2OS/c1-8(2)5-12(4-3-10(16)15-12)6-11-14-7-9(13)17-11/h7-8H,3-6H2,1-2H3,(H,15,16). The lowest BCUT2D eigenvalue weighted by atomic mass is 9.85. The average Bonchev–Trinajstić information content (AvgIpc) is 2.74. The summed E-state index contributed by atoms with van der Waals surface area (Å²) in [4.78, 5) is 15.8. The van der Waals surface area contributed by atoms with E-state index in [1.54, 1.807) is 6.20 Å². The van der Waals surface area contributed by atoms with Gasteiger partial charge in [0.05, 0.1) is 11.2 Å². The van der Waals surface area contributed by atoms with Gasteiger partial charge in [-0.15, -0.1) is 11.3 Å². The van der Waals surface area contributed by atoms with Gasteiger partial charge in [0.1, 0.15) is 4.34 Å². The third-order valence-electron chi connectivity index (χ3n) is 3.05. The number of carbonyl (C=O) groups excluding carboxylic acids is 1. The molecule has 1 aromatic rings. The number of hydrogen-bond donors (Lipinski definition) is 1. The summed E-state index contributed by atoms with van der Waals surface area (Å²) in [5, 5.41) is 4.15. The lowest BCUT2D eigenvalue weighted by molar-refractivity contribution is -0.119. The summed E-state index contributed by atoms with van der Waals surface area (Å²) in [6.07, 6.45) is 5.01. The third kappa shape index (κ3) is 3.19. The van der Waals surface area contributed by atoms with Crippen LogP contribution in [-0.2, 0) is 11.2 Å². The summed E-state index contributed by atoms with van der Waals surface area (Å²) < 4.78 is 0.712. The quantitative estimate of drug-likeness (QED) is 0.915. The van der Waals surface area contributed by atoms with Crippen molar-refractivity contribution in [2.24, 2.45) is 5.92 Å². The molecule has 1 saturated heterocycles. The highest BCUT2D eigenvalue weighted by Crippen LogP contribution is 2.32. The Kier molecular flexibility index (Phi) is 3.73. The van der Waals surface area contributed by atoms with Gasteiger partial charge >= 0.3 is 0 Å². The first-order valence-electron chi connectivity index (χ1n) is 5.90. The summed E-state index contributed by atoms with van der Waals surface area (Å²) in [7, 11) is 0. The smallest absolute Gasteiger partial charge is 0.220 e. The molecule has 0 spiro atoms. The van der Waals surface area contributed by atoms with Crippen LogP contribution in [0.5, 0.6) is 0 Å². The minimum Gasteiger partial charge on any atom is -0.350 e. The van der Waals surface area contributed by atoms with Crippen molar-refractivity contribution in [3.05, 3.63) is 15.5 Å². The predicted molar refractivity (Wildman–Crippen MR) is 70.4 cm³/mol. The van der Waals surface area contributed by atoms with E-state index in [9.17, 15) is 4.79 Å². The van der Waals surface area contributed by atoms with Crippen molar-refractivity contribution < 1.29 is 4.79 Å². The number of nitrogens with one attached hydrogen (secondary N) is 1. The Hall–Kier alpha value is -0.610. The normalized spacial score (nSPS) is 24.4. The van der Waals surface area contributed by atoms with Crippen molar-refractivity contribution in [1.82, 2.24) is 10.3 Å². The highest BCUT2D eigenvalue weighted by atomic mass is 35.5. The van der Waals surface area contributed by atoms with E-state index in [1.807, 2.05) is 0 Å². The zero-order chi connectivity index (χ0) is 12.5. The first-order valence-corrected chi connectivity index (χ1v) is 7.10. The molecule has 5 heteroatoms. The largest absolute Gasteiger partial charge is 0.350 e.